The van der Waals surface area contributed by atoms with Gasteiger partial charge in [-0.2, -0.15) is 5.10 Å². The van der Waals surface area contributed by atoms with Crippen LogP contribution in [0.25, 0.3) is 0 Å². The van der Waals surface area contributed by atoms with E-state index in [2.05, 4.69) is 44.1 Å². The third-order valence-corrected chi connectivity index (χ3v) is 8.35. The van der Waals surface area contributed by atoms with Gasteiger partial charge >= 0.3 is 5.97 Å². The van der Waals surface area contributed by atoms with Crippen molar-refractivity contribution in [3.63, 3.8) is 0 Å². The molecule has 0 fully saturated rings. The molecule has 0 saturated heterocycles. The van der Waals surface area contributed by atoms with Crippen LogP contribution in [0.1, 0.15) is 56.9 Å². The summed E-state index contributed by atoms with van der Waals surface area (Å²) >= 11 is 0. The summed E-state index contributed by atoms with van der Waals surface area (Å²) in [5.74, 6) is -0.408. The third kappa shape index (κ3) is 3.93. The van der Waals surface area contributed by atoms with E-state index in [9.17, 15) is 4.79 Å². The van der Waals surface area contributed by atoms with E-state index in [0.717, 1.165) is 5.69 Å². The standard InChI is InChI=1S/C14H26N2O3Si/c1-8-18-13(17)12-9-11(15-16-12)10(2)19-20(6,7)14(3,4)5/h9-10H,8H2,1-7H3,(H,15,16)/q-1/t10-/m1/s1. The van der Waals surface area contributed by atoms with Crippen LogP contribution in [0, 0.1) is 0 Å². The van der Waals surface area contributed by atoms with Gasteiger partial charge in [-0.05, 0) is 28.2 Å². The minimum absolute atomic E-state index is 0.119. The highest BCUT2D eigenvalue weighted by atomic mass is 28.4. The van der Waals surface area contributed by atoms with Crippen molar-refractivity contribution in [2.24, 2.45) is 0 Å². The van der Waals surface area contributed by atoms with Crippen LogP contribution in [-0.4, -0.2) is 31.1 Å². The van der Waals surface area contributed by atoms with E-state index < -0.39 is 14.3 Å². The summed E-state index contributed by atoms with van der Waals surface area (Å²) in [5, 5.41) is 6.99. The van der Waals surface area contributed by atoms with Crippen molar-refractivity contribution in [3.05, 3.63) is 17.5 Å². The van der Waals surface area contributed by atoms with Crippen LogP contribution in [0.2, 0.25) is 18.1 Å². The van der Waals surface area contributed by atoms with E-state index in [0.29, 0.717) is 12.3 Å². The van der Waals surface area contributed by atoms with Crippen LogP contribution in [0.15, 0.2) is 6.07 Å². The largest absolute Gasteiger partial charge is 0.558 e. The van der Waals surface area contributed by atoms with E-state index in [-0.39, 0.29) is 11.1 Å². The lowest BCUT2D eigenvalue weighted by atomic mass is 10.2. The molecule has 0 aliphatic rings. The second kappa shape index (κ2) is 6.09. The number of carbonyl (C=O) groups excluding carboxylic acids is 1. The summed E-state index contributed by atoms with van der Waals surface area (Å²) in [5.41, 5.74) is 1.10. The summed E-state index contributed by atoms with van der Waals surface area (Å²) in [6, 6.07) is 1.70. The first-order valence-electron chi connectivity index (χ1n) is 6.98. The number of hydrogen-bond acceptors (Lipinski definition) is 4. The molecule has 0 bridgehead atoms. The molecule has 5 nitrogen and oxygen atoms in total. The van der Waals surface area contributed by atoms with Crippen molar-refractivity contribution in [3.8, 4) is 0 Å². The van der Waals surface area contributed by atoms with Crippen molar-refractivity contribution in [1.82, 2.24) is 10.2 Å². The molecule has 1 N–H and O–H groups in total. The Balaban J connectivity index is 2.79. The van der Waals surface area contributed by atoms with Gasteiger partial charge in [-0.3, -0.25) is 5.10 Å². The van der Waals surface area contributed by atoms with Gasteiger partial charge in [-0.25, -0.2) is 4.79 Å². The van der Waals surface area contributed by atoms with Gasteiger partial charge in [0.05, 0.1) is 18.4 Å². The van der Waals surface area contributed by atoms with Gasteiger partial charge in [0.25, 0.3) is 0 Å². The molecule has 20 heavy (non-hydrogen) atoms. The van der Waals surface area contributed by atoms with E-state index in [4.69, 9.17) is 9.16 Å². The van der Waals surface area contributed by atoms with Gasteiger partial charge < -0.3 is 9.16 Å². The Kier molecular flexibility index (Phi) is 5.15. The Labute approximate surface area is 122 Å². The highest BCUT2D eigenvalue weighted by molar-refractivity contribution is 6.74. The zero-order chi connectivity index (χ0) is 15.6. The number of aromatic amines is 1. The zero-order valence-electron chi connectivity index (χ0n) is 13.5. The number of aromatic nitrogens is 2. The molecule has 0 amide bonds. The average Bonchev–Trinajstić information content (AvgIpc) is 2.76. The Morgan fingerprint density at radius 2 is 2.05 bits per heavy atom. The van der Waals surface area contributed by atoms with Gasteiger partial charge in [0.1, 0.15) is 0 Å². The highest BCUT2D eigenvalue weighted by Gasteiger charge is 2.27. The van der Waals surface area contributed by atoms with Gasteiger partial charge in [0, 0.05) is 0 Å². The highest BCUT2D eigenvalue weighted by Crippen LogP contribution is 2.39. The molecular formula is C14H26N2O3Si-. The second-order valence-electron chi connectivity index (χ2n) is 6.45. The Bertz CT molecular complexity index is 463. The number of nitrogens with one attached hydrogen (secondary N) is 1. The van der Waals surface area contributed by atoms with Gasteiger partial charge in [-0.15, -0.1) is 18.1 Å². The van der Waals surface area contributed by atoms with Gasteiger partial charge in [0.2, 0.25) is 0 Å². The lowest BCUT2D eigenvalue weighted by Crippen LogP contribution is -2.41. The fourth-order valence-electron chi connectivity index (χ4n) is 1.54. The van der Waals surface area contributed by atoms with Crippen molar-refractivity contribution in [2.75, 3.05) is 6.61 Å². The number of rotatable bonds is 5. The number of esters is 1. The maximum atomic E-state index is 11.6. The summed E-state index contributed by atoms with van der Waals surface area (Å²) in [6.07, 6.45) is -0.119. The number of ether oxygens (including phenoxy) is 1. The van der Waals surface area contributed by atoms with Gasteiger partial charge in [0.15, 0.2) is 5.69 Å². The number of carbonyl (C=O) groups is 1. The fraction of sp³-hybridized carbons (Fsp3) is 0.714. The normalized spacial score (nSPS) is 14.2. The summed E-state index contributed by atoms with van der Waals surface area (Å²) < 4.78 is 11.2. The minimum atomic E-state index is -1.85. The zero-order valence-corrected chi connectivity index (χ0v) is 14.5. The summed E-state index contributed by atoms with van der Waals surface area (Å²) in [6.45, 7) is 15.1. The first-order valence-corrected chi connectivity index (χ1v) is 9.89. The van der Waals surface area contributed by atoms with Crippen molar-refractivity contribution in [2.45, 2.75) is 58.9 Å². The molecule has 115 valence electrons. The number of hydrogen-bond donors (Lipinski definition) is 1. The molecule has 0 spiro atoms. The lowest BCUT2D eigenvalue weighted by molar-refractivity contribution is 0.0519. The summed E-state index contributed by atoms with van der Waals surface area (Å²) in [4.78, 5) is 11.6. The maximum absolute atomic E-state index is 11.6. The molecule has 1 heterocycles. The monoisotopic (exact) mass is 298 g/mol. The first kappa shape index (κ1) is 16.9. The molecule has 0 aromatic carbocycles. The van der Waals surface area contributed by atoms with E-state index in [1.54, 1.807) is 13.0 Å². The van der Waals surface area contributed by atoms with Gasteiger partial charge in [-0.1, -0.05) is 20.8 Å². The quantitative estimate of drug-likeness (QED) is 0.665. The summed E-state index contributed by atoms with van der Waals surface area (Å²) in [7, 11) is -1.85. The van der Waals surface area contributed by atoms with Crippen molar-refractivity contribution in [1.29, 1.82) is 0 Å². The van der Waals surface area contributed by atoms with Crippen molar-refractivity contribution < 1.29 is 14.0 Å². The molecule has 0 saturated carbocycles. The van der Waals surface area contributed by atoms with Crippen LogP contribution in [0.3, 0.4) is 0 Å². The molecule has 1 atom stereocenters. The number of H-pyrrole nitrogens is 1. The topological polar surface area (TPSA) is 64.2 Å². The molecule has 6 heteroatoms. The molecular weight excluding hydrogens is 272 g/mol. The predicted molar refractivity (Wildman–Crippen MR) is 81.2 cm³/mol. The van der Waals surface area contributed by atoms with Crippen LogP contribution >= 0.6 is 0 Å². The van der Waals surface area contributed by atoms with Crippen molar-refractivity contribution >= 4 is 14.3 Å². The van der Waals surface area contributed by atoms with E-state index >= 15 is 0 Å². The molecule has 0 unspecified atom stereocenters. The first-order chi connectivity index (χ1) is 9.08. The predicted octanol–water partition coefficient (Wildman–Crippen LogP) is 3.67. The SMILES string of the molecule is CCOC(=O)c1cc([C@@H](C)O[Si-](C)(C)C(C)(C)C)[nH]n1. The molecule has 1 aromatic rings. The van der Waals surface area contributed by atoms with Crippen LogP contribution in [0.5, 0.6) is 0 Å². The Morgan fingerprint density at radius 3 is 2.55 bits per heavy atom. The van der Waals surface area contributed by atoms with E-state index in [1.807, 2.05) is 6.92 Å². The number of nitrogens with zero attached hydrogens (tertiary/aromatic N) is 1. The lowest BCUT2D eigenvalue weighted by Gasteiger charge is -2.50. The minimum Gasteiger partial charge on any atom is -0.558 e. The molecule has 1 rings (SSSR count). The Morgan fingerprint density at radius 1 is 1.45 bits per heavy atom. The molecule has 0 radical (unpaired) electrons. The Hall–Kier alpha value is -1.14. The fourth-order valence-corrected chi connectivity index (χ4v) is 2.90. The van der Waals surface area contributed by atoms with Crippen LogP contribution in [-0.2, 0) is 9.16 Å². The third-order valence-electron chi connectivity index (χ3n) is 3.80. The average molecular weight is 298 g/mol. The molecule has 0 aliphatic carbocycles. The smallest absolute Gasteiger partial charge is 0.358 e. The van der Waals surface area contributed by atoms with E-state index in [1.165, 1.54) is 0 Å². The second-order valence-corrected chi connectivity index (χ2v) is 11.2. The van der Waals surface area contributed by atoms with Crippen LogP contribution in [0.4, 0.5) is 0 Å². The van der Waals surface area contributed by atoms with Crippen LogP contribution < -0.4 is 0 Å². The maximum Gasteiger partial charge on any atom is 0.358 e. The molecule has 0 aliphatic heterocycles. The molecule has 1 aromatic heterocycles.